The summed E-state index contributed by atoms with van der Waals surface area (Å²) in [7, 11) is 0. The van der Waals surface area contributed by atoms with E-state index >= 15 is 0 Å². The molecule has 0 radical (unpaired) electrons. The van der Waals surface area contributed by atoms with Gasteiger partial charge in [-0.05, 0) is 61.0 Å². The second-order valence-electron chi connectivity index (χ2n) is 5.39. The van der Waals surface area contributed by atoms with Gasteiger partial charge in [-0.2, -0.15) is 5.10 Å². The first-order valence-electron chi connectivity index (χ1n) is 7.65. The Labute approximate surface area is 166 Å². The first kappa shape index (κ1) is 18.4. The topological polar surface area (TPSA) is 70.9 Å². The molecule has 0 bridgehead atoms. The number of nitrogens with zero attached hydrogens (tertiary/aromatic N) is 1. The van der Waals surface area contributed by atoms with Gasteiger partial charge in [0.25, 0.3) is 5.91 Å². The van der Waals surface area contributed by atoms with Gasteiger partial charge in [-0.15, -0.1) is 0 Å². The second kappa shape index (κ2) is 8.33. The zero-order chi connectivity index (χ0) is 18.5. The van der Waals surface area contributed by atoms with Crippen LogP contribution in [0.1, 0.15) is 5.56 Å². The Kier molecular flexibility index (Phi) is 5.90. The molecule has 0 aliphatic rings. The minimum Gasteiger partial charge on any atom is -0.506 e. The van der Waals surface area contributed by atoms with Crippen molar-refractivity contribution >= 4 is 54.8 Å². The highest BCUT2D eigenvalue weighted by Crippen LogP contribution is 2.32. The van der Waals surface area contributed by atoms with Crippen LogP contribution in [0.15, 0.2) is 68.6 Å². The standard InChI is InChI=1S/C19H14Br2N2O3/c20-15-8-12(9-16(21)19(15)25)10-22-23-18(24)11-26-17-7-3-5-13-4-1-2-6-14(13)17/h1-10,25H,11H2,(H,23,24). The second-order valence-corrected chi connectivity index (χ2v) is 7.10. The quantitative estimate of drug-likeness (QED) is 0.416. The number of carbonyl (C=O) groups excluding carboxylic acids is 1. The fraction of sp³-hybridized carbons (Fsp3) is 0.0526. The monoisotopic (exact) mass is 476 g/mol. The fourth-order valence-corrected chi connectivity index (χ4v) is 3.56. The third-order valence-corrected chi connectivity index (χ3v) is 4.76. The summed E-state index contributed by atoms with van der Waals surface area (Å²) in [5, 5.41) is 15.6. The van der Waals surface area contributed by atoms with E-state index in [1.807, 2.05) is 42.5 Å². The third kappa shape index (κ3) is 4.42. The number of benzene rings is 3. The lowest BCUT2D eigenvalue weighted by Gasteiger charge is -2.08. The molecule has 3 aromatic carbocycles. The summed E-state index contributed by atoms with van der Waals surface area (Å²) in [5.41, 5.74) is 3.12. The highest BCUT2D eigenvalue weighted by molar-refractivity contribution is 9.11. The van der Waals surface area contributed by atoms with Crippen molar-refractivity contribution in [2.45, 2.75) is 0 Å². The number of amides is 1. The zero-order valence-electron chi connectivity index (χ0n) is 13.4. The molecule has 7 heteroatoms. The van der Waals surface area contributed by atoms with Crippen LogP contribution in [0.5, 0.6) is 11.5 Å². The first-order chi connectivity index (χ1) is 12.5. The maximum absolute atomic E-state index is 11.9. The molecule has 0 spiro atoms. The molecule has 0 fully saturated rings. The molecule has 0 aromatic heterocycles. The Morgan fingerprint density at radius 3 is 2.58 bits per heavy atom. The Balaban J connectivity index is 1.59. The molecule has 3 rings (SSSR count). The number of hydrazone groups is 1. The summed E-state index contributed by atoms with van der Waals surface area (Å²) in [6, 6.07) is 16.9. The van der Waals surface area contributed by atoms with Gasteiger partial charge in [0, 0.05) is 5.39 Å². The number of fused-ring (bicyclic) bond motifs is 1. The van der Waals surface area contributed by atoms with Crippen LogP contribution < -0.4 is 10.2 Å². The van der Waals surface area contributed by atoms with E-state index in [4.69, 9.17) is 4.74 Å². The number of ether oxygens (including phenoxy) is 1. The maximum atomic E-state index is 11.9. The highest BCUT2D eigenvalue weighted by atomic mass is 79.9. The molecule has 0 atom stereocenters. The van der Waals surface area contributed by atoms with Crippen molar-refractivity contribution in [1.29, 1.82) is 0 Å². The Morgan fingerprint density at radius 2 is 1.81 bits per heavy atom. The number of rotatable bonds is 5. The third-order valence-electron chi connectivity index (χ3n) is 3.55. The van der Waals surface area contributed by atoms with E-state index < -0.39 is 0 Å². The summed E-state index contributed by atoms with van der Waals surface area (Å²) in [5.74, 6) is 0.384. The fourth-order valence-electron chi connectivity index (χ4n) is 2.34. The number of phenols is 1. The van der Waals surface area contributed by atoms with Gasteiger partial charge in [-0.3, -0.25) is 4.79 Å². The smallest absolute Gasteiger partial charge is 0.277 e. The molecule has 2 N–H and O–H groups in total. The molecule has 3 aromatic rings. The Bertz CT molecular complexity index is 961. The summed E-state index contributed by atoms with van der Waals surface area (Å²) in [6.45, 7) is -0.145. The van der Waals surface area contributed by atoms with Crippen LogP contribution in [0, 0.1) is 0 Å². The molecule has 5 nitrogen and oxygen atoms in total. The minimum absolute atomic E-state index is 0.106. The molecule has 0 aliphatic heterocycles. The average Bonchev–Trinajstić information content (AvgIpc) is 2.64. The molecular weight excluding hydrogens is 464 g/mol. The van der Waals surface area contributed by atoms with Crippen LogP contribution in [0.4, 0.5) is 0 Å². The largest absolute Gasteiger partial charge is 0.506 e. The van der Waals surface area contributed by atoms with E-state index in [0.717, 1.165) is 10.8 Å². The minimum atomic E-state index is -0.369. The van der Waals surface area contributed by atoms with E-state index in [-0.39, 0.29) is 18.3 Å². The van der Waals surface area contributed by atoms with Crippen LogP contribution in [0.25, 0.3) is 10.8 Å². The lowest BCUT2D eigenvalue weighted by Crippen LogP contribution is -2.24. The van der Waals surface area contributed by atoms with Crippen LogP contribution in [0.3, 0.4) is 0 Å². The lowest BCUT2D eigenvalue weighted by atomic mass is 10.1. The van der Waals surface area contributed by atoms with E-state index in [1.54, 1.807) is 12.1 Å². The van der Waals surface area contributed by atoms with E-state index in [2.05, 4.69) is 42.4 Å². The molecular formula is C19H14Br2N2O3. The first-order valence-corrected chi connectivity index (χ1v) is 9.23. The number of hydrogen-bond donors (Lipinski definition) is 2. The van der Waals surface area contributed by atoms with Crippen molar-refractivity contribution in [1.82, 2.24) is 5.43 Å². The normalized spacial score (nSPS) is 11.0. The SMILES string of the molecule is O=C(COc1cccc2ccccc12)NN=Cc1cc(Br)c(O)c(Br)c1. The Morgan fingerprint density at radius 1 is 1.12 bits per heavy atom. The maximum Gasteiger partial charge on any atom is 0.277 e. The molecule has 132 valence electrons. The van der Waals surface area contributed by atoms with Gasteiger partial charge < -0.3 is 9.84 Å². The number of phenolic OH excluding ortho intramolecular Hbond substituents is 1. The van der Waals surface area contributed by atoms with Gasteiger partial charge in [0.05, 0.1) is 15.2 Å². The van der Waals surface area contributed by atoms with E-state index in [1.165, 1.54) is 6.21 Å². The summed E-state index contributed by atoms with van der Waals surface area (Å²) < 4.78 is 6.66. The molecule has 0 saturated heterocycles. The average molecular weight is 478 g/mol. The summed E-state index contributed by atoms with van der Waals surface area (Å²) >= 11 is 6.48. The Hall–Kier alpha value is -2.38. The highest BCUT2D eigenvalue weighted by Gasteiger charge is 2.06. The lowest BCUT2D eigenvalue weighted by molar-refractivity contribution is -0.123. The number of hydrogen-bond acceptors (Lipinski definition) is 4. The summed E-state index contributed by atoms with van der Waals surface area (Å²) in [4.78, 5) is 11.9. The summed E-state index contributed by atoms with van der Waals surface area (Å²) in [6.07, 6.45) is 1.48. The van der Waals surface area contributed by atoms with Crippen LogP contribution in [-0.4, -0.2) is 23.8 Å². The molecule has 26 heavy (non-hydrogen) atoms. The molecule has 0 unspecified atom stereocenters. The molecule has 0 saturated carbocycles. The van der Waals surface area contributed by atoms with Gasteiger partial charge in [0.15, 0.2) is 6.61 Å². The van der Waals surface area contributed by atoms with Gasteiger partial charge in [0.2, 0.25) is 0 Å². The van der Waals surface area contributed by atoms with Crippen molar-refractivity contribution in [3.63, 3.8) is 0 Å². The van der Waals surface area contributed by atoms with Gasteiger partial charge >= 0.3 is 0 Å². The van der Waals surface area contributed by atoms with Gasteiger partial charge in [-0.25, -0.2) is 5.43 Å². The number of aromatic hydroxyl groups is 1. The number of nitrogens with one attached hydrogen (secondary N) is 1. The zero-order valence-corrected chi connectivity index (χ0v) is 16.6. The van der Waals surface area contributed by atoms with Gasteiger partial charge in [0.1, 0.15) is 11.5 Å². The van der Waals surface area contributed by atoms with E-state index in [0.29, 0.717) is 20.3 Å². The van der Waals surface area contributed by atoms with Crippen molar-refractivity contribution < 1.29 is 14.6 Å². The van der Waals surface area contributed by atoms with Crippen molar-refractivity contribution in [2.24, 2.45) is 5.10 Å². The van der Waals surface area contributed by atoms with Gasteiger partial charge in [-0.1, -0.05) is 36.4 Å². The molecule has 1 amide bonds. The predicted molar refractivity (Wildman–Crippen MR) is 109 cm³/mol. The van der Waals surface area contributed by atoms with Crippen molar-refractivity contribution in [3.8, 4) is 11.5 Å². The molecule has 0 aliphatic carbocycles. The number of carbonyl (C=O) groups is 1. The van der Waals surface area contributed by atoms with Crippen molar-refractivity contribution in [3.05, 3.63) is 69.1 Å². The van der Waals surface area contributed by atoms with Crippen LogP contribution in [-0.2, 0) is 4.79 Å². The number of halogens is 2. The molecule has 0 heterocycles. The predicted octanol–water partition coefficient (Wildman–Crippen LogP) is 4.60. The van der Waals surface area contributed by atoms with Crippen LogP contribution in [0.2, 0.25) is 0 Å². The van der Waals surface area contributed by atoms with Crippen LogP contribution >= 0.6 is 31.9 Å². The van der Waals surface area contributed by atoms with E-state index in [9.17, 15) is 9.90 Å². The van der Waals surface area contributed by atoms with Crippen molar-refractivity contribution in [2.75, 3.05) is 6.61 Å².